The second kappa shape index (κ2) is 5.24. The molecule has 0 atom stereocenters. The lowest BCUT2D eigenvalue weighted by atomic mass is 10.2. The van der Waals surface area contributed by atoms with Gasteiger partial charge in [-0.2, -0.15) is 4.31 Å². The zero-order valence-corrected chi connectivity index (χ0v) is 11.7. The Morgan fingerprint density at radius 1 is 1.18 bits per heavy atom. The number of nitrogens with zero attached hydrogens (tertiary/aromatic N) is 1. The summed E-state index contributed by atoms with van der Waals surface area (Å²) in [4.78, 5) is 0. The molecular formula is C12H24N2O2S. The van der Waals surface area contributed by atoms with Crippen molar-refractivity contribution in [2.24, 2.45) is 5.92 Å². The van der Waals surface area contributed by atoms with E-state index in [1.54, 1.807) is 4.31 Å². The van der Waals surface area contributed by atoms with Crippen LogP contribution >= 0.6 is 0 Å². The van der Waals surface area contributed by atoms with Crippen molar-refractivity contribution >= 4 is 10.0 Å². The summed E-state index contributed by atoms with van der Waals surface area (Å²) in [5.41, 5.74) is 0. The topological polar surface area (TPSA) is 49.4 Å². The number of hydrogen-bond donors (Lipinski definition) is 1. The molecule has 100 valence electrons. The van der Waals surface area contributed by atoms with Gasteiger partial charge in [-0.05, 0) is 44.7 Å². The number of sulfonamides is 1. The normalized spacial score (nSPS) is 23.5. The third-order valence-corrected chi connectivity index (χ3v) is 5.95. The number of hydrogen-bond acceptors (Lipinski definition) is 3. The fourth-order valence-electron chi connectivity index (χ4n) is 2.47. The maximum Gasteiger partial charge on any atom is 0.217 e. The van der Waals surface area contributed by atoms with Crippen LogP contribution < -0.4 is 5.32 Å². The molecule has 0 amide bonds. The Hall–Kier alpha value is -0.130. The molecule has 1 saturated carbocycles. The quantitative estimate of drug-likeness (QED) is 0.808. The van der Waals surface area contributed by atoms with Crippen LogP contribution in [0.1, 0.15) is 39.5 Å². The van der Waals surface area contributed by atoms with Crippen LogP contribution in [-0.4, -0.2) is 43.6 Å². The molecule has 2 rings (SSSR count). The molecular weight excluding hydrogens is 236 g/mol. The van der Waals surface area contributed by atoms with E-state index in [-0.39, 0.29) is 5.25 Å². The van der Waals surface area contributed by atoms with Crippen molar-refractivity contribution in [2.75, 3.05) is 19.6 Å². The molecule has 0 aromatic rings. The van der Waals surface area contributed by atoms with Crippen LogP contribution in [0, 0.1) is 5.92 Å². The van der Waals surface area contributed by atoms with Crippen LogP contribution in [0.25, 0.3) is 0 Å². The van der Waals surface area contributed by atoms with Gasteiger partial charge in [-0.25, -0.2) is 8.42 Å². The van der Waals surface area contributed by atoms with Crippen molar-refractivity contribution in [3.05, 3.63) is 0 Å². The lowest BCUT2D eigenvalue weighted by molar-refractivity contribution is 0.347. The first-order valence-electron chi connectivity index (χ1n) is 6.73. The maximum atomic E-state index is 12.6. The van der Waals surface area contributed by atoms with Gasteiger partial charge >= 0.3 is 0 Å². The summed E-state index contributed by atoms with van der Waals surface area (Å²) in [6.07, 6.45) is 3.64. The first-order chi connectivity index (χ1) is 8.01. The predicted octanol–water partition coefficient (Wildman–Crippen LogP) is 1.19. The fraction of sp³-hybridized carbons (Fsp3) is 1.00. The molecule has 4 nitrogen and oxygen atoms in total. The molecule has 1 aliphatic carbocycles. The first-order valence-corrected chi connectivity index (χ1v) is 8.23. The number of rotatable bonds is 5. The van der Waals surface area contributed by atoms with Gasteiger partial charge in [0.1, 0.15) is 0 Å². The van der Waals surface area contributed by atoms with Gasteiger partial charge in [-0.1, -0.05) is 13.8 Å². The van der Waals surface area contributed by atoms with Crippen LogP contribution in [-0.2, 0) is 10.0 Å². The van der Waals surface area contributed by atoms with Crippen molar-refractivity contribution in [3.8, 4) is 0 Å². The molecule has 1 heterocycles. The highest BCUT2D eigenvalue weighted by Crippen LogP contribution is 2.32. The zero-order valence-electron chi connectivity index (χ0n) is 10.9. The van der Waals surface area contributed by atoms with Gasteiger partial charge in [0.15, 0.2) is 0 Å². The Morgan fingerprint density at radius 2 is 1.76 bits per heavy atom. The molecule has 17 heavy (non-hydrogen) atoms. The molecule has 1 aliphatic heterocycles. The van der Waals surface area contributed by atoms with Gasteiger partial charge in [0, 0.05) is 12.6 Å². The minimum Gasteiger partial charge on any atom is -0.317 e. The summed E-state index contributed by atoms with van der Waals surface area (Å²) in [5, 5.41) is 3.08. The van der Waals surface area contributed by atoms with Crippen LogP contribution in [0.5, 0.6) is 0 Å². The van der Waals surface area contributed by atoms with Gasteiger partial charge in [-0.3, -0.25) is 0 Å². The molecule has 0 aromatic carbocycles. The molecule has 1 N–H and O–H groups in total. The standard InChI is InChI=1S/C12H24N2O2S/c1-10(2)9-14(11-3-4-11)17(15,16)12-5-7-13-8-6-12/h10-13H,3-9H2,1-2H3. The largest absolute Gasteiger partial charge is 0.317 e. The van der Waals surface area contributed by atoms with E-state index in [2.05, 4.69) is 19.2 Å². The molecule has 2 aliphatic rings. The minimum atomic E-state index is -3.06. The Kier molecular flexibility index (Phi) is 4.10. The fourth-order valence-corrected chi connectivity index (χ4v) is 4.81. The van der Waals surface area contributed by atoms with E-state index in [9.17, 15) is 8.42 Å². The van der Waals surface area contributed by atoms with Crippen molar-refractivity contribution in [1.29, 1.82) is 0 Å². The highest BCUT2D eigenvalue weighted by atomic mass is 32.2. The van der Waals surface area contributed by atoms with Gasteiger partial charge in [0.05, 0.1) is 5.25 Å². The molecule has 0 spiro atoms. The third-order valence-electron chi connectivity index (χ3n) is 3.53. The van der Waals surface area contributed by atoms with E-state index in [1.165, 1.54) is 0 Å². The summed E-state index contributed by atoms with van der Waals surface area (Å²) in [7, 11) is -3.06. The van der Waals surface area contributed by atoms with Gasteiger partial charge in [0.2, 0.25) is 10.0 Å². The molecule has 0 radical (unpaired) electrons. The summed E-state index contributed by atoms with van der Waals surface area (Å²) < 4.78 is 27.0. The molecule has 2 fully saturated rings. The summed E-state index contributed by atoms with van der Waals surface area (Å²) >= 11 is 0. The lowest BCUT2D eigenvalue weighted by Gasteiger charge is -2.31. The Labute approximate surface area is 105 Å². The maximum absolute atomic E-state index is 12.6. The van der Waals surface area contributed by atoms with E-state index in [0.29, 0.717) is 18.5 Å². The average Bonchev–Trinajstić information content (AvgIpc) is 3.10. The predicted molar refractivity (Wildman–Crippen MR) is 69.4 cm³/mol. The third kappa shape index (κ3) is 3.20. The highest BCUT2D eigenvalue weighted by molar-refractivity contribution is 7.89. The van der Waals surface area contributed by atoms with Crippen LogP contribution in [0.15, 0.2) is 0 Å². The number of nitrogens with one attached hydrogen (secondary N) is 1. The van der Waals surface area contributed by atoms with Crippen LogP contribution in [0.2, 0.25) is 0 Å². The second-order valence-electron chi connectivity index (χ2n) is 5.69. The van der Waals surface area contributed by atoms with E-state index in [1.807, 2.05) is 0 Å². The van der Waals surface area contributed by atoms with Crippen LogP contribution in [0.4, 0.5) is 0 Å². The zero-order chi connectivity index (χ0) is 12.5. The van der Waals surface area contributed by atoms with E-state index in [4.69, 9.17) is 0 Å². The van der Waals surface area contributed by atoms with Crippen molar-refractivity contribution in [3.63, 3.8) is 0 Å². The molecule has 5 heteroatoms. The van der Waals surface area contributed by atoms with E-state index in [0.717, 1.165) is 38.8 Å². The SMILES string of the molecule is CC(C)CN(C1CC1)S(=O)(=O)C1CCNCC1. The molecule has 1 saturated heterocycles. The minimum absolute atomic E-state index is 0.150. The molecule has 0 aromatic heterocycles. The second-order valence-corrected chi connectivity index (χ2v) is 7.85. The van der Waals surface area contributed by atoms with E-state index >= 15 is 0 Å². The Bertz CT molecular complexity index is 344. The first kappa shape index (κ1) is 13.3. The van der Waals surface area contributed by atoms with Crippen molar-refractivity contribution in [2.45, 2.75) is 50.8 Å². The summed E-state index contributed by atoms with van der Waals surface area (Å²) in [6.45, 7) is 6.55. The Morgan fingerprint density at radius 3 is 2.24 bits per heavy atom. The van der Waals surface area contributed by atoms with Crippen LogP contribution in [0.3, 0.4) is 0 Å². The number of piperidine rings is 1. The average molecular weight is 260 g/mol. The molecule has 0 bridgehead atoms. The highest BCUT2D eigenvalue weighted by Gasteiger charge is 2.41. The molecule has 0 unspecified atom stereocenters. The monoisotopic (exact) mass is 260 g/mol. The smallest absolute Gasteiger partial charge is 0.217 e. The lowest BCUT2D eigenvalue weighted by Crippen LogP contribution is -2.46. The van der Waals surface area contributed by atoms with Gasteiger partial charge < -0.3 is 5.32 Å². The van der Waals surface area contributed by atoms with Gasteiger partial charge in [-0.15, -0.1) is 0 Å². The van der Waals surface area contributed by atoms with Crippen molar-refractivity contribution < 1.29 is 8.42 Å². The summed E-state index contributed by atoms with van der Waals surface area (Å²) in [6, 6.07) is 0.303. The summed E-state index contributed by atoms with van der Waals surface area (Å²) in [5.74, 6) is 0.409. The van der Waals surface area contributed by atoms with Crippen molar-refractivity contribution in [1.82, 2.24) is 9.62 Å². The Balaban J connectivity index is 2.09. The van der Waals surface area contributed by atoms with Gasteiger partial charge in [0.25, 0.3) is 0 Å². The van der Waals surface area contributed by atoms with E-state index < -0.39 is 10.0 Å².